The number of hydrogen-bond donors (Lipinski definition) is 3. The molecule has 0 spiro atoms. The number of carboxylic acids is 1. The molecule has 0 saturated carbocycles. The zero-order valence-electron chi connectivity index (χ0n) is 15.6. The average molecular weight is 388 g/mol. The Morgan fingerprint density at radius 1 is 1.38 bits per heavy atom. The molecule has 1 fully saturated rings. The molecule has 26 heavy (non-hydrogen) atoms. The third-order valence-corrected chi connectivity index (χ3v) is 5.19. The smallest absolute Gasteiger partial charge is 0.337 e. The minimum absolute atomic E-state index is 0.0765. The summed E-state index contributed by atoms with van der Waals surface area (Å²) in [5, 5.41) is 12.1. The van der Waals surface area contributed by atoms with Crippen LogP contribution in [-0.2, 0) is 19.2 Å². The van der Waals surface area contributed by atoms with Gasteiger partial charge in [-0.25, -0.2) is 4.79 Å². The molecule has 3 unspecified atom stereocenters. The molecule has 2 amide bonds. The second kappa shape index (κ2) is 9.91. The van der Waals surface area contributed by atoms with Gasteiger partial charge >= 0.3 is 5.97 Å². The number of rotatable bonds is 10. The lowest BCUT2D eigenvalue weighted by molar-refractivity contribution is -0.159. The molecule has 0 bridgehead atoms. The molecule has 3 atom stereocenters. The van der Waals surface area contributed by atoms with Crippen LogP contribution in [-0.4, -0.2) is 70.3 Å². The highest BCUT2D eigenvalue weighted by atomic mass is 32.2. The van der Waals surface area contributed by atoms with Gasteiger partial charge in [-0.3, -0.25) is 9.59 Å². The van der Waals surface area contributed by atoms with Crippen molar-refractivity contribution in [2.45, 2.75) is 57.2 Å². The van der Waals surface area contributed by atoms with Gasteiger partial charge in [0.05, 0.1) is 6.04 Å². The van der Waals surface area contributed by atoms with E-state index in [4.69, 9.17) is 5.73 Å². The number of hydrogen-bond acceptors (Lipinski definition) is 6. The van der Waals surface area contributed by atoms with E-state index in [9.17, 15) is 24.3 Å². The van der Waals surface area contributed by atoms with Crippen LogP contribution in [0, 0.1) is 5.92 Å². The Morgan fingerprint density at radius 3 is 2.54 bits per heavy atom. The number of aldehydes is 1. The summed E-state index contributed by atoms with van der Waals surface area (Å²) in [5.74, 6) is -1.52. The van der Waals surface area contributed by atoms with Gasteiger partial charge in [-0.1, -0.05) is 13.8 Å². The van der Waals surface area contributed by atoms with Crippen LogP contribution in [0.5, 0.6) is 0 Å². The quantitative estimate of drug-likeness (QED) is 0.362. The highest BCUT2D eigenvalue weighted by molar-refractivity contribution is 7.98. The van der Waals surface area contributed by atoms with Crippen LogP contribution in [0.4, 0.5) is 0 Å². The van der Waals surface area contributed by atoms with E-state index in [0.29, 0.717) is 25.5 Å². The van der Waals surface area contributed by atoms with Crippen molar-refractivity contribution in [3.05, 3.63) is 0 Å². The Kier molecular flexibility index (Phi) is 8.55. The lowest BCUT2D eigenvalue weighted by Crippen LogP contribution is -2.60. The fraction of sp³-hybridized carbons (Fsp3) is 0.765. The number of nitrogens with two attached hydrogens (primary N) is 1. The molecular formula is C17H29N3O5S. The number of thioether (sulfide) groups is 1. The van der Waals surface area contributed by atoms with Gasteiger partial charge in [-0.2, -0.15) is 11.8 Å². The third kappa shape index (κ3) is 5.20. The Hall–Kier alpha value is -1.61. The maximum absolute atomic E-state index is 13.0. The molecule has 0 aromatic carbocycles. The van der Waals surface area contributed by atoms with Gasteiger partial charge in [0.25, 0.3) is 0 Å². The van der Waals surface area contributed by atoms with Crippen LogP contribution in [0.2, 0.25) is 0 Å². The fourth-order valence-electron chi connectivity index (χ4n) is 3.08. The first-order chi connectivity index (χ1) is 12.2. The Bertz CT molecular complexity index is 542. The van der Waals surface area contributed by atoms with Crippen LogP contribution in [0.25, 0.3) is 0 Å². The van der Waals surface area contributed by atoms with E-state index < -0.39 is 35.4 Å². The van der Waals surface area contributed by atoms with E-state index in [-0.39, 0.29) is 18.9 Å². The maximum atomic E-state index is 13.0. The van der Waals surface area contributed by atoms with Crippen molar-refractivity contribution in [1.29, 1.82) is 0 Å². The van der Waals surface area contributed by atoms with Crippen molar-refractivity contribution < 1.29 is 24.3 Å². The molecule has 8 nitrogen and oxygen atoms in total. The lowest BCUT2D eigenvalue weighted by Gasteiger charge is -2.33. The van der Waals surface area contributed by atoms with E-state index in [1.54, 1.807) is 11.8 Å². The summed E-state index contributed by atoms with van der Waals surface area (Å²) in [7, 11) is 0. The van der Waals surface area contributed by atoms with Crippen molar-refractivity contribution in [3.8, 4) is 0 Å². The Balaban J connectivity index is 2.97. The number of nitrogens with zero attached hydrogens (tertiary/aromatic N) is 1. The van der Waals surface area contributed by atoms with Crippen LogP contribution < -0.4 is 11.1 Å². The van der Waals surface area contributed by atoms with Crippen molar-refractivity contribution in [3.63, 3.8) is 0 Å². The van der Waals surface area contributed by atoms with E-state index in [1.165, 1.54) is 0 Å². The monoisotopic (exact) mass is 387 g/mol. The molecule has 0 aromatic heterocycles. The van der Waals surface area contributed by atoms with Gasteiger partial charge in [0.2, 0.25) is 11.8 Å². The molecule has 148 valence electrons. The van der Waals surface area contributed by atoms with Crippen molar-refractivity contribution in [2.75, 3.05) is 18.6 Å². The second-order valence-corrected chi connectivity index (χ2v) is 8.00. The maximum Gasteiger partial charge on any atom is 0.337 e. The SMILES string of the molecule is CSCCC(N)C(=O)NC(CC(C)C)C(=O)N1CCCC1(C=O)C(=O)O. The average Bonchev–Trinajstić information content (AvgIpc) is 3.03. The zero-order valence-corrected chi connectivity index (χ0v) is 16.4. The highest BCUT2D eigenvalue weighted by Crippen LogP contribution is 2.29. The number of nitrogens with one attached hydrogen (secondary N) is 1. The van der Waals surface area contributed by atoms with Crippen LogP contribution in [0.1, 0.15) is 39.5 Å². The first-order valence-electron chi connectivity index (χ1n) is 8.75. The zero-order chi connectivity index (χ0) is 19.9. The van der Waals surface area contributed by atoms with Crippen molar-refractivity contribution in [1.82, 2.24) is 10.2 Å². The molecule has 1 rings (SSSR count). The van der Waals surface area contributed by atoms with E-state index in [2.05, 4.69) is 5.32 Å². The van der Waals surface area contributed by atoms with Crippen LogP contribution in [0.3, 0.4) is 0 Å². The van der Waals surface area contributed by atoms with Gasteiger partial charge in [0, 0.05) is 6.54 Å². The number of carbonyl (C=O) groups excluding carboxylic acids is 3. The summed E-state index contributed by atoms with van der Waals surface area (Å²) < 4.78 is 0. The molecule has 1 aliphatic rings. The molecule has 0 aromatic rings. The molecule has 1 saturated heterocycles. The Morgan fingerprint density at radius 2 is 2.04 bits per heavy atom. The number of aliphatic carboxylic acids is 1. The summed E-state index contributed by atoms with van der Waals surface area (Å²) in [6, 6.07) is -1.64. The fourth-order valence-corrected chi connectivity index (χ4v) is 3.57. The lowest BCUT2D eigenvalue weighted by atomic mass is 9.96. The second-order valence-electron chi connectivity index (χ2n) is 7.02. The summed E-state index contributed by atoms with van der Waals surface area (Å²) in [5.41, 5.74) is 4.01. The van der Waals surface area contributed by atoms with E-state index in [0.717, 1.165) is 10.7 Å². The summed E-state index contributed by atoms with van der Waals surface area (Å²) in [4.78, 5) is 49.5. The molecule has 4 N–H and O–H groups in total. The third-order valence-electron chi connectivity index (χ3n) is 4.54. The number of carbonyl (C=O) groups is 4. The highest BCUT2D eigenvalue weighted by Gasteiger charge is 2.51. The minimum Gasteiger partial charge on any atom is -0.479 e. The standard InChI is InChI=1S/C17H29N3O5S/c1-11(2)9-13(19-14(22)12(18)5-8-26-3)15(23)20-7-4-6-17(20,10-21)16(24)25/h10-13H,4-9,18H2,1-3H3,(H,19,22)(H,24,25). The molecule has 1 aliphatic heterocycles. The molecule has 1 heterocycles. The number of likely N-dealkylation sites (tertiary alicyclic amines) is 1. The van der Waals surface area contributed by atoms with E-state index >= 15 is 0 Å². The van der Waals surface area contributed by atoms with Gasteiger partial charge < -0.3 is 25.9 Å². The van der Waals surface area contributed by atoms with E-state index in [1.807, 2.05) is 20.1 Å². The summed E-state index contributed by atoms with van der Waals surface area (Å²) in [6.07, 6.45) is 3.55. The topological polar surface area (TPSA) is 130 Å². The van der Waals surface area contributed by atoms with Crippen molar-refractivity contribution in [2.24, 2.45) is 11.7 Å². The molecule has 0 aliphatic carbocycles. The van der Waals surface area contributed by atoms with Gasteiger partial charge in [0.1, 0.15) is 6.04 Å². The first kappa shape index (κ1) is 22.4. The van der Waals surface area contributed by atoms with Gasteiger partial charge in [-0.05, 0) is 43.6 Å². The summed E-state index contributed by atoms with van der Waals surface area (Å²) >= 11 is 1.57. The molecule has 9 heteroatoms. The molecule has 0 radical (unpaired) electrons. The number of amides is 2. The summed E-state index contributed by atoms with van der Waals surface area (Å²) in [6.45, 7) is 3.97. The largest absolute Gasteiger partial charge is 0.479 e. The minimum atomic E-state index is -1.85. The number of carboxylic acid groups (broad SMARTS) is 1. The Labute approximate surface area is 158 Å². The predicted octanol–water partition coefficient (Wildman–Crippen LogP) is 0.242. The van der Waals surface area contributed by atoms with Gasteiger partial charge in [0.15, 0.2) is 11.8 Å². The first-order valence-corrected chi connectivity index (χ1v) is 10.1. The van der Waals surface area contributed by atoms with Crippen molar-refractivity contribution >= 4 is 35.8 Å². The van der Waals surface area contributed by atoms with Gasteiger partial charge in [-0.15, -0.1) is 0 Å². The normalized spacial score (nSPS) is 22.1. The molecular weight excluding hydrogens is 358 g/mol. The predicted molar refractivity (Wildman–Crippen MR) is 99.7 cm³/mol. The van der Waals surface area contributed by atoms with Crippen LogP contribution in [0.15, 0.2) is 0 Å². The van der Waals surface area contributed by atoms with Crippen LogP contribution >= 0.6 is 11.8 Å².